The van der Waals surface area contributed by atoms with Gasteiger partial charge in [-0.1, -0.05) is 18.2 Å². The Morgan fingerprint density at radius 2 is 2.16 bits per heavy atom. The first-order valence-corrected chi connectivity index (χ1v) is 10.1. The Labute approximate surface area is 155 Å². The van der Waals surface area contributed by atoms with Gasteiger partial charge in [0.05, 0.1) is 5.69 Å². The molecule has 0 saturated carbocycles. The molecule has 1 aliphatic heterocycles. The zero-order valence-electron chi connectivity index (χ0n) is 15.5. The van der Waals surface area contributed by atoms with E-state index in [2.05, 4.69) is 23.5 Å². The molecule has 5 nitrogen and oxygen atoms in total. The van der Waals surface area contributed by atoms with Gasteiger partial charge >= 0.3 is 6.09 Å². The Kier molecular flexibility index (Phi) is 7.59. The number of thioether (sulfide) groups is 1. The largest absolute Gasteiger partial charge is 0.443 e. The van der Waals surface area contributed by atoms with E-state index in [1.807, 2.05) is 32.5 Å². The second-order valence-corrected chi connectivity index (χ2v) is 8.40. The molecule has 140 valence electrons. The number of fused-ring (bicyclic) bond motifs is 1. The van der Waals surface area contributed by atoms with Crippen molar-refractivity contribution in [3.63, 3.8) is 0 Å². The molecule has 25 heavy (non-hydrogen) atoms. The summed E-state index contributed by atoms with van der Waals surface area (Å²) in [5, 5.41) is 12.2. The molecule has 1 aromatic rings. The van der Waals surface area contributed by atoms with Crippen LogP contribution in [0.3, 0.4) is 0 Å². The maximum Gasteiger partial charge on any atom is 0.414 e. The first-order chi connectivity index (χ1) is 11.9. The molecule has 1 heterocycles. The van der Waals surface area contributed by atoms with Gasteiger partial charge in [-0.3, -0.25) is 4.90 Å². The molecule has 1 amide bonds. The van der Waals surface area contributed by atoms with E-state index >= 15 is 0 Å². The van der Waals surface area contributed by atoms with E-state index in [0.29, 0.717) is 6.54 Å². The number of anilines is 1. The number of aliphatic hydroxyl groups is 1. The number of aliphatic hydroxyl groups excluding tert-OH is 1. The quantitative estimate of drug-likeness (QED) is 0.692. The van der Waals surface area contributed by atoms with Gasteiger partial charge in [-0.25, -0.2) is 4.79 Å². The molecule has 1 aliphatic rings. The molecular formula is C19H30N2O3S. The Morgan fingerprint density at radius 1 is 1.36 bits per heavy atom. The topological polar surface area (TPSA) is 61.8 Å². The standard InChI is InChI=1S/C19H30N2O3S/c1-19(2,3)24-18(23)21-10-8-15-6-4-7-16(17(15)21)14-20-9-13-25-12-5-11-22/h4,6-7,20,22H,5,8-14H2,1-3H3. The zero-order valence-corrected chi connectivity index (χ0v) is 16.3. The molecule has 0 radical (unpaired) electrons. The van der Waals surface area contributed by atoms with Gasteiger partial charge in [-0.15, -0.1) is 0 Å². The predicted molar refractivity (Wildman–Crippen MR) is 104 cm³/mol. The van der Waals surface area contributed by atoms with Crippen molar-refractivity contribution in [3.05, 3.63) is 29.3 Å². The third kappa shape index (κ3) is 6.20. The van der Waals surface area contributed by atoms with Crippen molar-refractivity contribution >= 4 is 23.5 Å². The zero-order chi connectivity index (χ0) is 18.3. The summed E-state index contributed by atoms with van der Waals surface area (Å²) in [6, 6.07) is 6.23. The maximum atomic E-state index is 12.5. The van der Waals surface area contributed by atoms with Gasteiger partial charge in [0.15, 0.2) is 0 Å². The van der Waals surface area contributed by atoms with Crippen LogP contribution < -0.4 is 10.2 Å². The van der Waals surface area contributed by atoms with E-state index in [4.69, 9.17) is 9.84 Å². The van der Waals surface area contributed by atoms with Crippen molar-refractivity contribution in [1.29, 1.82) is 0 Å². The molecule has 1 aromatic carbocycles. The number of rotatable bonds is 8. The van der Waals surface area contributed by atoms with Crippen molar-refractivity contribution in [2.45, 2.75) is 45.8 Å². The third-order valence-electron chi connectivity index (χ3n) is 3.88. The number of nitrogens with one attached hydrogen (secondary N) is 1. The fourth-order valence-corrected chi connectivity index (χ4v) is 3.64. The molecule has 0 unspecified atom stereocenters. The first kappa shape index (κ1) is 20.1. The molecule has 0 fully saturated rings. The molecule has 6 heteroatoms. The van der Waals surface area contributed by atoms with Crippen molar-refractivity contribution in [2.24, 2.45) is 0 Å². The van der Waals surface area contributed by atoms with Gasteiger partial charge in [0.1, 0.15) is 5.60 Å². The lowest BCUT2D eigenvalue weighted by atomic mass is 10.1. The monoisotopic (exact) mass is 366 g/mol. The number of para-hydroxylation sites is 1. The van der Waals surface area contributed by atoms with E-state index in [0.717, 1.165) is 48.7 Å². The van der Waals surface area contributed by atoms with E-state index < -0.39 is 5.60 Å². The molecule has 0 atom stereocenters. The fraction of sp³-hybridized carbons (Fsp3) is 0.632. The van der Waals surface area contributed by atoms with Gasteiger partial charge in [0.25, 0.3) is 0 Å². The summed E-state index contributed by atoms with van der Waals surface area (Å²) in [5.41, 5.74) is 2.87. The minimum Gasteiger partial charge on any atom is -0.443 e. The Hall–Kier alpha value is -1.24. The summed E-state index contributed by atoms with van der Waals surface area (Å²) >= 11 is 1.84. The minimum absolute atomic E-state index is 0.261. The highest BCUT2D eigenvalue weighted by Gasteiger charge is 2.30. The smallest absolute Gasteiger partial charge is 0.414 e. The van der Waals surface area contributed by atoms with Gasteiger partial charge in [0.2, 0.25) is 0 Å². The van der Waals surface area contributed by atoms with Crippen LogP contribution in [0.4, 0.5) is 10.5 Å². The number of ether oxygens (including phenoxy) is 1. The Bertz CT molecular complexity index is 572. The average molecular weight is 367 g/mol. The van der Waals surface area contributed by atoms with E-state index in [1.165, 1.54) is 5.56 Å². The van der Waals surface area contributed by atoms with Crippen LogP contribution in [-0.4, -0.2) is 48.0 Å². The van der Waals surface area contributed by atoms with E-state index in [-0.39, 0.29) is 12.7 Å². The van der Waals surface area contributed by atoms with Gasteiger partial charge in [0, 0.05) is 32.0 Å². The molecule has 0 spiro atoms. The van der Waals surface area contributed by atoms with Crippen LogP contribution in [0.5, 0.6) is 0 Å². The molecular weight excluding hydrogens is 336 g/mol. The summed E-state index contributed by atoms with van der Waals surface area (Å²) in [6.45, 7) is 8.27. The lowest BCUT2D eigenvalue weighted by molar-refractivity contribution is 0.0583. The second kappa shape index (κ2) is 9.46. The van der Waals surface area contributed by atoms with Crippen molar-refractivity contribution in [2.75, 3.05) is 36.1 Å². The van der Waals surface area contributed by atoms with Crippen molar-refractivity contribution < 1.29 is 14.6 Å². The maximum absolute atomic E-state index is 12.5. The molecule has 0 bridgehead atoms. The number of amides is 1. The average Bonchev–Trinajstić information content (AvgIpc) is 2.97. The molecule has 0 aliphatic carbocycles. The number of nitrogens with zero attached hydrogens (tertiary/aromatic N) is 1. The Balaban J connectivity index is 1.93. The SMILES string of the molecule is CC(C)(C)OC(=O)N1CCc2cccc(CNCCSCCCO)c21. The molecule has 2 N–H and O–H groups in total. The van der Waals surface area contributed by atoms with Crippen molar-refractivity contribution in [3.8, 4) is 0 Å². The van der Waals surface area contributed by atoms with E-state index in [9.17, 15) is 4.79 Å². The van der Waals surface area contributed by atoms with Gasteiger partial charge in [-0.05, 0) is 50.5 Å². The molecule has 0 saturated heterocycles. The lowest BCUT2D eigenvalue weighted by Crippen LogP contribution is -2.36. The van der Waals surface area contributed by atoms with Crippen LogP contribution in [0.25, 0.3) is 0 Å². The fourth-order valence-electron chi connectivity index (χ4n) is 2.82. The number of hydrogen-bond acceptors (Lipinski definition) is 5. The predicted octanol–water partition coefficient (Wildman–Crippen LogP) is 3.19. The lowest BCUT2D eigenvalue weighted by Gasteiger charge is -2.26. The normalized spacial score (nSPS) is 13.8. The minimum atomic E-state index is -0.487. The highest BCUT2D eigenvalue weighted by atomic mass is 32.2. The summed E-state index contributed by atoms with van der Waals surface area (Å²) in [4.78, 5) is 14.3. The highest BCUT2D eigenvalue weighted by molar-refractivity contribution is 7.99. The highest BCUT2D eigenvalue weighted by Crippen LogP contribution is 2.33. The number of carbonyl (C=O) groups is 1. The first-order valence-electron chi connectivity index (χ1n) is 8.93. The summed E-state index contributed by atoms with van der Waals surface area (Å²) in [5.74, 6) is 2.01. The van der Waals surface area contributed by atoms with E-state index in [1.54, 1.807) is 4.90 Å². The van der Waals surface area contributed by atoms with Crippen LogP contribution >= 0.6 is 11.8 Å². The van der Waals surface area contributed by atoms with Crippen LogP contribution in [0.2, 0.25) is 0 Å². The summed E-state index contributed by atoms with van der Waals surface area (Å²) in [6.07, 6.45) is 1.46. The van der Waals surface area contributed by atoms with Crippen LogP contribution in [0.15, 0.2) is 18.2 Å². The van der Waals surface area contributed by atoms with Gasteiger partial charge < -0.3 is 15.2 Å². The summed E-state index contributed by atoms with van der Waals surface area (Å²) in [7, 11) is 0. The third-order valence-corrected chi connectivity index (χ3v) is 4.95. The van der Waals surface area contributed by atoms with Crippen LogP contribution in [-0.2, 0) is 17.7 Å². The number of carbonyl (C=O) groups excluding carboxylic acids is 1. The Morgan fingerprint density at radius 3 is 2.88 bits per heavy atom. The molecule has 2 rings (SSSR count). The number of benzene rings is 1. The summed E-state index contributed by atoms with van der Waals surface area (Å²) < 4.78 is 5.56. The second-order valence-electron chi connectivity index (χ2n) is 7.17. The van der Waals surface area contributed by atoms with Crippen molar-refractivity contribution in [1.82, 2.24) is 5.32 Å². The number of hydrogen-bond donors (Lipinski definition) is 2. The van der Waals surface area contributed by atoms with Crippen LogP contribution in [0.1, 0.15) is 38.3 Å². The molecule has 0 aromatic heterocycles. The van der Waals surface area contributed by atoms with Gasteiger partial charge in [-0.2, -0.15) is 11.8 Å². The van der Waals surface area contributed by atoms with Crippen LogP contribution in [0, 0.1) is 0 Å².